The SMILES string of the molecule is BC(C)/C(C)=C/PCC(C)C. The van der Waals surface area contributed by atoms with E-state index in [9.17, 15) is 0 Å². The highest BCUT2D eigenvalue weighted by Gasteiger charge is 1.96. The average molecular weight is 170 g/mol. The van der Waals surface area contributed by atoms with E-state index in [1.165, 1.54) is 6.16 Å². The molecule has 0 spiro atoms. The Morgan fingerprint density at radius 1 is 1.45 bits per heavy atom. The lowest BCUT2D eigenvalue weighted by molar-refractivity contribution is 0.749. The Bertz CT molecular complexity index is 128. The largest absolute Gasteiger partial charge is 0.110 e. The van der Waals surface area contributed by atoms with Gasteiger partial charge in [-0.2, -0.15) is 0 Å². The van der Waals surface area contributed by atoms with Crippen LogP contribution in [0, 0.1) is 5.92 Å². The van der Waals surface area contributed by atoms with Gasteiger partial charge in [0.25, 0.3) is 0 Å². The molecule has 0 saturated heterocycles. The first-order valence-electron chi connectivity index (χ1n) is 4.44. The summed E-state index contributed by atoms with van der Waals surface area (Å²) in [5.74, 6) is 3.99. The van der Waals surface area contributed by atoms with Crippen LogP contribution in [0.5, 0.6) is 0 Å². The lowest BCUT2D eigenvalue weighted by Gasteiger charge is -2.05. The van der Waals surface area contributed by atoms with Gasteiger partial charge in [0, 0.05) is 0 Å². The fourth-order valence-corrected chi connectivity index (χ4v) is 1.87. The Morgan fingerprint density at radius 3 is 2.36 bits per heavy atom. The van der Waals surface area contributed by atoms with Crippen molar-refractivity contribution in [2.45, 2.75) is 33.5 Å². The molecule has 0 amide bonds. The quantitative estimate of drug-likeness (QED) is 0.449. The standard InChI is InChI=1S/C9H20BP/c1-7(2)5-11-6-8(3)9(4)10/h6-7,9,11H,5,10H2,1-4H3/b8-6+. The van der Waals surface area contributed by atoms with E-state index in [-0.39, 0.29) is 0 Å². The Labute approximate surface area is 74.0 Å². The molecule has 0 saturated carbocycles. The second-order valence-electron chi connectivity index (χ2n) is 3.85. The summed E-state index contributed by atoms with van der Waals surface area (Å²) in [6.45, 7) is 9.06. The van der Waals surface area contributed by atoms with Crippen LogP contribution in [0.4, 0.5) is 0 Å². The van der Waals surface area contributed by atoms with Crippen LogP contribution in [-0.2, 0) is 0 Å². The van der Waals surface area contributed by atoms with Gasteiger partial charge >= 0.3 is 0 Å². The van der Waals surface area contributed by atoms with Gasteiger partial charge in [-0.15, -0.1) is 0 Å². The van der Waals surface area contributed by atoms with Crippen molar-refractivity contribution < 1.29 is 0 Å². The maximum atomic E-state index is 2.41. The molecule has 0 heterocycles. The van der Waals surface area contributed by atoms with Crippen LogP contribution in [0.3, 0.4) is 0 Å². The number of hydrogen-bond donors (Lipinski definition) is 0. The zero-order valence-electron chi connectivity index (χ0n) is 8.44. The monoisotopic (exact) mass is 170 g/mol. The van der Waals surface area contributed by atoms with Crippen LogP contribution >= 0.6 is 8.58 Å². The fourth-order valence-electron chi connectivity index (χ4n) is 0.622. The van der Waals surface area contributed by atoms with E-state index >= 15 is 0 Å². The molecule has 0 nitrogen and oxygen atoms in total. The van der Waals surface area contributed by atoms with Crippen molar-refractivity contribution in [3.63, 3.8) is 0 Å². The summed E-state index contributed by atoms with van der Waals surface area (Å²) in [6, 6.07) is 0. The third kappa shape index (κ3) is 6.63. The minimum atomic E-state index is 0.731. The van der Waals surface area contributed by atoms with E-state index in [1.807, 2.05) is 0 Å². The van der Waals surface area contributed by atoms with Crippen LogP contribution in [0.25, 0.3) is 0 Å². The van der Waals surface area contributed by atoms with Crippen molar-refractivity contribution in [1.82, 2.24) is 0 Å². The molecule has 64 valence electrons. The highest BCUT2D eigenvalue weighted by molar-refractivity contribution is 7.41. The van der Waals surface area contributed by atoms with Gasteiger partial charge in [-0.25, -0.2) is 0 Å². The van der Waals surface area contributed by atoms with Crippen molar-refractivity contribution in [2.75, 3.05) is 6.16 Å². The molecule has 0 aromatic heterocycles. The number of allylic oxidation sites excluding steroid dienone is 1. The molecule has 0 aromatic carbocycles. The Morgan fingerprint density at radius 2 is 2.00 bits per heavy atom. The second kappa shape index (κ2) is 5.83. The van der Waals surface area contributed by atoms with Crippen LogP contribution in [0.1, 0.15) is 27.7 Å². The minimum Gasteiger partial charge on any atom is -0.0982 e. The third-order valence-corrected chi connectivity index (χ3v) is 3.48. The second-order valence-corrected chi connectivity index (χ2v) is 4.95. The third-order valence-electron chi connectivity index (χ3n) is 1.77. The van der Waals surface area contributed by atoms with E-state index in [4.69, 9.17) is 0 Å². The summed E-state index contributed by atoms with van der Waals surface area (Å²) in [6.07, 6.45) is 1.35. The zero-order chi connectivity index (χ0) is 8.85. The van der Waals surface area contributed by atoms with Gasteiger partial charge in [0.05, 0.1) is 0 Å². The fraction of sp³-hybridized carbons (Fsp3) is 0.778. The summed E-state index contributed by atoms with van der Waals surface area (Å²) >= 11 is 0. The predicted octanol–water partition coefficient (Wildman–Crippen LogP) is 2.67. The molecular formula is C9H20BP. The predicted molar refractivity (Wildman–Crippen MR) is 59.7 cm³/mol. The summed E-state index contributed by atoms with van der Waals surface area (Å²) in [5.41, 5.74) is 1.55. The molecule has 2 atom stereocenters. The van der Waals surface area contributed by atoms with E-state index in [2.05, 4.69) is 41.4 Å². The molecule has 0 bridgehead atoms. The molecule has 11 heavy (non-hydrogen) atoms. The summed E-state index contributed by atoms with van der Waals surface area (Å²) in [5, 5.41) is 0. The molecule has 0 aliphatic heterocycles. The highest BCUT2D eigenvalue weighted by atomic mass is 31.1. The molecule has 0 aliphatic carbocycles. The van der Waals surface area contributed by atoms with E-state index in [0.717, 1.165) is 20.3 Å². The first-order chi connectivity index (χ1) is 5.04. The van der Waals surface area contributed by atoms with Gasteiger partial charge in [-0.1, -0.05) is 46.6 Å². The van der Waals surface area contributed by atoms with E-state index in [0.29, 0.717) is 0 Å². The van der Waals surface area contributed by atoms with E-state index < -0.39 is 0 Å². The lowest BCUT2D eigenvalue weighted by atomic mass is 9.84. The lowest BCUT2D eigenvalue weighted by Crippen LogP contribution is -1.88. The molecular weight excluding hydrogens is 150 g/mol. The summed E-state index contributed by atoms with van der Waals surface area (Å²) < 4.78 is 0. The van der Waals surface area contributed by atoms with E-state index in [1.54, 1.807) is 5.57 Å². The Kier molecular flexibility index (Phi) is 5.96. The molecule has 0 rings (SSSR count). The molecule has 2 heteroatoms. The average Bonchev–Trinajstić information content (AvgIpc) is 1.86. The summed E-state index contributed by atoms with van der Waals surface area (Å²) in [7, 11) is 3.28. The minimum absolute atomic E-state index is 0.731. The first kappa shape index (κ1) is 11.2. The smallest absolute Gasteiger partial charge is 0.0982 e. The zero-order valence-corrected chi connectivity index (χ0v) is 9.44. The number of hydrogen-bond acceptors (Lipinski definition) is 0. The van der Waals surface area contributed by atoms with Crippen LogP contribution in [0.15, 0.2) is 11.4 Å². The molecule has 0 N–H and O–H groups in total. The van der Waals surface area contributed by atoms with Gasteiger partial charge in [-0.05, 0) is 19.0 Å². The maximum Gasteiger partial charge on any atom is 0.110 e. The van der Waals surface area contributed by atoms with Gasteiger partial charge in [0.1, 0.15) is 7.85 Å². The topological polar surface area (TPSA) is 0 Å². The van der Waals surface area contributed by atoms with Crippen molar-refractivity contribution >= 4 is 16.4 Å². The van der Waals surface area contributed by atoms with Crippen LogP contribution in [0.2, 0.25) is 5.82 Å². The maximum absolute atomic E-state index is 2.41. The Hall–Kier alpha value is 0.235. The Balaban J connectivity index is 3.57. The summed E-state index contributed by atoms with van der Waals surface area (Å²) in [4.78, 5) is 0. The van der Waals surface area contributed by atoms with Gasteiger partial charge in [0.15, 0.2) is 0 Å². The van der Waals surface area contributed by atoms with Crippen molar-refractivity contribution in [3.8, 4) is 0 Å². The molecule has 0 fully saturated rings. The van der Waals surface area contributed by atoms with Crippen LogP contribution < -0.4 is 0 Å². The molecule has 0 aromatic rings. The highest BCUT2D eigenvalue weighted by Crippen LogP contribution is 2.22. The van der Waals surface area contributed by atoms with Crippen molar-refractivity contribution in [3.05, 3.63) is 11.4 Å². The van der Waals surface area contributed by atoms with Gasteiger partial charge in [-0.3, -0.25) is 0 Å². The normalized spacial score (nSPS) is 16.6. The van der Waals surface area contributed by atoms with Crippen LogP contribution in [-0.4, -0.2) is 14.0 Å². The molecule has 0 aliphatic rings. The first-order valence-corrected chi connectivity index (χ1v) is 5.72. The molecule has 2 unspecified atom stereocenters. The van der Waals surface area contributed by atoms with Gasteiger partial charge < -0.3 is 0 Å². The van der Waals surface area contributed by atoms with Crippen molar-refractivity contribution in [1.29, 1.82) is 0 Å². The number of rotatable bonds is 4. The van der Waals surface area contributed by atoms with Gasteiger partial charge in [0.2, 0.25) is 0 Å². The van der Waals surface area contributed by atoms with Crippen molar-refractivity contribution in [2.24, 2.45) is 5.92 Å². The molecule has 0 radical (unpaired) electrons.